The Morgan fingerprint density at radius 3 is 2.40 bits per heavy atom. The second kappa shape index (κ2) is 5.85. The van der Waals surface area contributed by atoms with Gasteiger partial charge in [0, 0.05) is 0 Å². The quantitative estimate of drug-likeness (QED) is 0.678. The van der Waals surface area contributed by atoms with E-state index in [1.165, 1.54) is 6.20 Å². The molecule has 108 valence electrons. The average molecular weight is 278 g/mol. The van der Waals surface area contributed by atoms with Gasteiger partial charge in [0.2, 0.25) is 5.91 Å². The monoisotopic (exact) mass is 278 g/mol. The van der Waals surface area contributed by atoms with E-state index in [9.17, 15) is 14.4 Å². The van der Waals surface area contributed by atoms with Crippen LogP contribution in [0.25, 0.3) is 0 Å². The molecule has 1 fully saturated rings. The van der Waals surface area contributed by atoms with Gasteiger partial charge < -0.3 is 16.0 Å². The van der Waals surface area contributed by atoms with E-state index in [2.05, 4.69) is 15.3 Å². The summed E-state index contributed by atoms with van der Waals surface area (Å²) < 4.78 is 0. The van der Waals surface area contributed by atoms with Crippen molar-refractivity contribution in [1.82, 2.24) is 15.3 Å². The number of carbonyl (C=O) groups is 2. The summed E-state index contributed by atoms with van der Waals surface area (Å²) in [5, 5.41) is 2.69. The molecule has 7 heteroatoms. The van der Waals surface area contributed by atoms with E-state index in [1.807, 2.05) is 0 Å². The maximum absolute atomic E-state index is 12.2. The van der Waals surface area contributed by atoms with Gasteiger partial charge in [-0.05, 0) is 12.8 Å². The van der Waals surface area contributed by atoms with Gasteiger partial charge in [-0.1, -0.05) is 25.7 Å². The number of primary amides is 1. The second-order valence-electron chi connectivity index (χ2n) is 5.12. The van der Waals surface area contributed by atoms with E-state index in [0.29, 0.717) is 12.8 Å². The predicted molar refractivity (Wildman–Crippen MR) is 72.0 cm³/mol. The molecule has 0 aliphatic heterocycles. The highest BCUT2D eigenvalue weighted by Crippen LogP contribution is 2.27. The molecule has 0 bridgehead atoms. The number of H-pyrrole nitrogens is 1. The number of nitrogens with one attached hydrogen (secondary N) is 2. The number of amides is 2. The number of aromatic nitrogens is 2. The lowest BCUT2D eigenvalue weighted by Crippen LogP contribution is -2.57. The summed E-state index contributed by atoms with van der Waals surface area (Å²) in [5.41, 5.74) is 4.02. The van der Waals surface area contributed by atoms with Gasteiger partial charge in [-0.25, -0.2) is 0 Å². The normalized spacial score (nSPS) is 18.0. The molecule has 0 saturated heterocycles. The van der Waals surface area contributed by atoms with Crippen LogP contribution in [0.1, 0.15) is 49.0 Å². The molecule has 1 aromatic heterocycles. The maximum Gasteiger partial charge on any atom is 0.270 e. The summed E-state index contributed by atoms with van der Waals surface area (Å²) in [6.07, 6.45) is 7.11. The number of hydrogen-bond acceptors (Lipinski definition) is 4. The number of rotatable bonds is 3. The zero-order chi connectivity index (χ0) is 14.6. The molecule has 4 N–H and O–H groups in total. The Balaban J connectivity index is 2.21. The van der Waals surface area contributed by atoms with E-state index in [0.717, 1.165) is 31.9 Å². The summed E-state index contributed by atoms with van der Waals surface area (Å²) in [6, 6.07) is 0. The molecule has 1 heterocycles. The topological polar surface area (TPSA) is 118 Å². The van der Waals surface area contributed by atoms with Gasteiger partial charge in [0.25, 0.3) is 11.5 Å². The minimum atomic E-state index is -1.03. The first-order valence-corrected chi connectivity index (χ1v) is 6.70. The van der Waals surface area contributed by atoms with Crippen LogP contribution in [-0.2, 0) is 4.79 Å². The number of hydrogen-bond donors (Lipinski definition) is 3. The summed E-state index contributed by atoms with van der Waals surface area (Å²) >= 11 is 0. The second-order valence-corrected chi connectivity index (χ2v) is 5.12. The van der Waals surface area contributed by atoms with Crippen molar-refractivity contribution in [3.63, 3.8) is 0 Å². The lowest BCUT2D eigenvalue weighted by Gasteiger charge is -2.30. The Hall–Kier alpha value is -2.18. The third kappa shape index (κ3) is 3.04. The standard InChI is InChI=1S/C13H18N4O3/c14-12(20)13(5-3-1-2-4-6-13)17-11(19)9-7-15-8-10(18)16-9/h7-8H,1-6H2,(H2,14,20)(H,16,18)(H,17,19). The molecule has 7 nitrogen and oxygen atoms in total. The molecule has 1 aliphatic carbocycles. The molecule has 0 atom stereocenters. The van der Waals surface area contributed by atoms with Crippen molar-refractivity contribution >= 4 is 11.8 Å². The number of carbonyl (C=O) groups excluding carboxylic acids is 2. The molecule has 1 aliphatic rings. The number of nitrogens with two attached hydrogens (primary N) is 1. The van der Waals surface area contributed by atoms with Crippen LogP contribution in [0, 0.1) is 0 Å². The van der Waals surface area contributed by atoms with Gasteiger partial charge in [-0.15, -0.1) is 0 Å². The van der Waals surface area contributed by atoms with Crippen molar-refractivity contribution in [1.29, 1.82) is 0 Å². The van der Waals surface area contributed by atoms with Crippen LogP contribution in [0.3, 0.4) is 0 Å². The fourth-order valence-corrected chi connectivity index (χ4v) is 2.54. The summed E-state index contributed by atoms with van der Waals surface area (Å²) in [5.74, 6) is -1.06. The lowest BCUT2D eigenvalue weighted by molar-refractivity contribution is -0.124. The highest BCUT2D eigenvalue weighted by Gasteiger charge is 2.38. The van der Waals surface area contributed by atoms with Crippen LogP contribution < -0.4 is 16.6 Å². The Kier molecular flexibility index (Phi) is 4.16. The van der Waals surface area contributed by atoms with Crippen LogP contribution >= 0.6 is 0 Å². The van der Waals surface area contributed by atoms with Crippen LogP contribution in [0.2, 0.25) is 0 Å². The summed E-state index contributed by atoms with van der Waals surface area (Å²) in [6.45, 7) is 0. The van der Waals surface area contributed by atoms with E-state index in [4.69, 9.17) is 5.73 Å². The lowest BCUT2D eigenvalue weighted by atomic mass is 9.89. The summed E-state index contributed by atoms with van der Waals surface area (Å²) in [7, 11) is 0. The molecule has 0 spiro atoms. The number of nitrogens with zero attached hydrogens (tertiary/aromatic N) is 1. The average Bonchev–Trinajstić information content (AvgIpc) is 2.65. The third-order valence-electron chi connectivity index (χ3n) is 3.68. The van der Waals surface area contributed by atoms with Crippen molar-refractivity contribution in [3.05, 3.63) is 28.4 Å². The first kappa shape index (κ1) is 14.2. The van der Waals surface area contributed by atoms with Gasteiger partial charge in [-0.2, -0.15) is 0 Å². The smallest absolute Gasteiger partial charge is 0.270 e. The molecule has 0 radical (unpaired) electrons. The zero-order valence-electron chi connectivity index (χ0n) is 11.1. The Morgan fingerprint density at radius 2 is 1.85 bits per heavy atom. The minimum absolute atomic E-state index is 0.0300. The molecule has 1 saturated carbocycles. The van der Waals surface area contributed by atoms with Crippen LogP contribution in [0.4, 0.5) is 0 Å². The molecule has 20 heavy (non-hydrogen) atoms. The molecular formula is C13H18N4O3. The van der Waals surface area contributed by atoms with Crippen LogP contribution in [0.5, 0.6) is 0 Å². The van der Waals surface area contributed by atoms with E-state index in [-0.39, 0.29) is 5.69 Å². The molecule has 2 amide bonds. The summed E-state index contributed by atoms with van der Waals surface area (Å²) in [4.78, 5) is 41.2. The van der Waals surface area contributed by atoms with Crippen molar-refractivity contribution in [2.24, 2.45) is 5.73 Å². The van der Waals surface area contributed by atoms with Gasteiger partial charge in [0.05, 0.1) is 12.4 Å². The molecule has 1 aromatic rings. The van der Waals surface area contributed by atoms with Crippen LogP contribution in [-0.4, -0.2) is 27.3 Å². The molecule has 2 rings (SSSR count). The van der Waals surface area contributed by atoms with Gasteiger partial charge in [0.1, 0.15) is 11.2 Å². The molecule has 0 aromatic carbocycles. The predicted octanol–water partition coefficient (Wildman–Crippen LogP) is 0.0780. The molecular weight excluding hydrogens is 260 g/mol. The largest absolute Gasteiger partial charge is 0.368 e. The van der Waals surface area contributed by atoms with Gasteiger partial charge in [-0.3, -0.25) is 19.4 Å². The fourth-order valence-electron chi connectivity index (χ4n) is 2.54. The Morgan fingerprint density at radius 1 is 1.20 bits per heavy atom. The maximum atomic E-state index is 12.2. The zero-order valence-corrected chi connectivity index (χ0v) is 11.1. The van der Waals surface area contributed by atoms with Crippen LogP contribution in [0.15, 0.2) is 17.2 Å². The van der Waals surface area contributed by atoms with Gasteiger partial charge >= 0.3 is 0 Å². The van der Waals surface area contributed by atoms with E-state index in [1.54, 1.807) is 0 Å². The van der Waals surface area contributed by atoms with Crippen molar-refractivity contribution in [2.45, 2.75) is 44.1 Å². The molecule has 0 unspecified atom stereocenters. The van der Waals surface area contributed by atoms with Crippen molar-refractivity contribution in [3.8, 4) is 0 Å². The van der Waals surface area contributed by atoms with Crippen molar-refractivity contribution < 1.29 is 9.59 Å². The highest BCUT2D eigenvalue weighted by molar-refractivity contribution is 5.97. The van der Waals surface area contributed by atoms with E-state index < -0.39 is 22.9 Å². The highest BCUT2D eigenvalue weighted by atomic mass is 16.2. The van der Waals surface area contributed by atoms with Crippen molar-refractivity contribution in [2.75, 3.05) is 0 Å². The first-order chi connectivity index (χ1) is 9.53. The van der Waals surface area contributed by atoms with E-state index >= 15 is 0 Å². The SMILES string of the molecule is NC(=O)C1(NC(=O)c2cncc(=O)[nH]2)CCCCCC1. The first-order valence-electron chi connectivity index (χ1n) is 6.70. The fraction of sp³-hybridized carbons (Fsp3) is 0.538. The minimum Gasteiger partial charge on any atom is -0.368 e. The van der Waals surface area contributed by atoms with Gasteiger partial charge in [0.15, 0.2) is 0 Å². The third-order valence-corrected chi connectivity index (χ3v) is 3.68. The number of aromatic amines is 1. The Bertz CT molecular complexity index is 559. The Labute approximate surface area is 116 Å².